The van der Waals surface area contributed by atoms with Gasteiger partial charge in [0.25, 0.3) is 0 Å². The minimum absolute atomic E-state index is 0.0131. The fourth-order valence-corrected chi connectivity index (χ4v) is 3.98. The van der Waals surface area contributed by atoms with Gasteiger partial charge in [0.05, 0.1) is 11.6 Å². The molecule has 0 unspecified atom stereocenters. The molecule has 1 N–H and O–H groups in total. The molecule has 2 heterocycles. The quantitative estimate of drug-likeness (QED) is 0.907. The predicted molar refractivity (Wildman–Crippen MR) is 87.6 cm³/mol. The van der Waals surface area contributed by atoms with Crippen molar-refractivity contribution < 1.29 is 9.59 Å². The summed E-state index contributed by atoms with van der Waals surface area (Å²) in [6.45, 7) is 9.52. The van der Waals surface area contributed by atoms with E-state index in [9.17, 15) is 9.59 Å². The average Bonchev–Trinajstić information content (AvgIpc) is 2.95. The lowest BCUT2D eigenvalue weighted by atomic mass is 9.94. The second-order valence-corrected chi connectivity index (χ2v) is 8.39. The Hall–Kier alpha value is -1.08. The highest BCUT2D eigenvalue weighted by Crippen LogP contribution is 2.29. The first-order valence-corrected chi connectivity index (χ1v) is 8.81. The van der Waals surface area contributed by atoms with Gasteiger partial charge in [-0.3, -0.25) is 9.59 Å². The maximum absolute atomic E-state index is 12.4. The molecule has 2 amide bonds. The second-order valence-electron chi connectivity index (χ2n) is 6.19. The van der Waals surface area contributed by atoms with Crippen LogP contribution in [0.4, 0.5) is 5.13 Å². The van der Waals surface area contributed by atoms with Gasteiger partial charge in [0, 0.05) is 16.0 Å². The fourth-order valence-electron chi connectivity index (χ4n) is 2.01. The van der Waals surface area contributed by atoms with Crippen molar-refractivity contribution in [3.8, 4) is 0 Å². The Balaban J connectivity index is 2.09. The van der Waals surface area contributed by atoms with Crippen LogP contribution in [0.5, 0.6) is 0 Å². The average molecular weight is 327 g/mol. The van der Waals surface area contributed by atoms with Crippen LogP contribution in [0.3, 0.4) is 0 Å². The minimum Gasteiger partial charge on any atom is -0.320 e. The topological polar surface area (TPSA) is 62.3 Å². The first-order chi connectivity index (χ1) is 9.70. The molecule has 0 spiro atoms. The molecule has 0 radical (unpaired) electrons. The van der Waals surface area contributed by atoms with E-state index >= 15 is 0 Å². The molecule has 0 bridgehead atoms. The van der Waals surface area contributed by atoms with Gasteiger partial charge in [0.2, 0.25) is 11.8 Å². The van der Waals surface area contributed by atoms with E-state index < -0.39 is 11.5 Å². The van der Waals surface area contributed by atoms with Crippen molar-refractivity contribution in [1.29, 1.82) is 0 Å². The van der Waals surface area contributed by atoms with E-state index in [2.05, 4.69) is 10.3 Å². The number of hydrogen-bond acceptors (Lipinski definition) is 5. The number of aryl methyl sites for hydroxylation is 2. The second kappa shape index (κ2) is 5.96. The zero-order valence-electron chi connectivity index (χ0n) is 13.0. The number of anilines is 1. The van der Waals surface area contributed by atoms with Crippen LogP contribution in [0, 0.1) is 19.3 Å². The molecule has 116 valence electrons. The minimum atomic E-state index is -0.474. The zero-order valence-corrected chi connectivity index (χ0v) is 14.7. The van der Waals surface area contributed by atoms with Crippen molar-refractivity contribution in [1.82, 2.24) is 9.88 Å². The third-order valence-corrected chi connectivity index (χ3v) is 5.35. The van der Waals surface area contributed by atoms with E-state index in [-0.39, 0.29) is 11.8 Å². The molecule has 21 heavy (non-hydrogen) atoms. The number of amides is 2. The number of thioether (sulfide) groups is 1. The molecule has 1 atom stereocenters. The largest absolute Gasteiger partial charge is 0.320 e. The summed E-state index contributed by atoms with van der Waals surface area (Å²) < 4.78 is 0. The first kappa shape index (κ1) is 16.3. The molecule has 0 aromatic carbocycles. The Morgan fingerprint density at radius 3 is 2.52 bits per heavy atom. The van der Waals surface area contributed by atoms with Gasteiger partial charge in [-0.15, -0.1) is 23.1 Å². The van der Waals surface area contributed by atoms with E-state index in [1.165, 1.54) is 11.3 Å². The molecule has 1 aliphatic heterocycles. The van der Waals surface area contributed by atoms with Crippen LogP contribution < -0.4 is 5.32 Å². The van der Waals surface area contributed by atoms with E-state index in [1.807, 2.05) is 34.6 Å². The molecule has 1 saturated heterocycles. The van der Waals surface area contributed by atoms with Gasteiger partial charge in [-0.25, -0.2) is 4.98 Å². The van der Waals surface area contributed by atoms with Crippen molar-refractivity contribution in [3.63, 3.8) is 0 Å². The summed E-state index contributed by atoms with van der Waals surface area (Å²) >= 11 is 3.07. The third kappa shape index (κ3) is 3.58. The van der Waals surface area contributed by atoms with Gasteiger partial charge in [-0.2, -0.15) is 0 Å². The van der Waals surface area contributed by atoms with Crippen molar-refractivity contribution in [2.45, 2.75) is 40.7 Å². The molecule has 0 saturated carbocycles. The van der Waals surface area contributed by atoms with Crippen LogP contribution in [0.1, 0.15) is 31.3 Å². The van der Waals surface area contributed by atoms with Crippen molar-refractivity contribution in [2.75, 3.05) is 16.9 Å². The summed E-state index contributed by atoms with van der Waals surface area (Å²) in [7, 11) is 0. The van der Waals surface area contributed by atoms with Crippen LogP contribution in [0.25, 0.3) is 0 Å². The fraction of sp³-hybridized carbons (Fsp3) is 0.643. The number of thiazole rings is 1. The summed E-state index contributed by atoms with van der Waals surface area (Å²) in [6.07, 6.45) is 0. The molecule has 2 rings (SSSR count). The summed E-state index contributed by atoms with van der Waals surface area (Å²) in [4.78, 5) is 31.9. The van der Waals surface area contributed by atoms with Gasteiger partial charge in [-0.1, -0.05) is 20.8 Å². The Labute approximate surface area is 133 Å². The number of carbonyl (C=O) groups excluding carboxylic acids is 2. The van der Waals surface area contributed by atoms with Gasteiger partial charge in [-0.05, 0) is 13.8 Å². The summed E-state index contributed by atoms with van der Waals surface area (Å²) in [5.41, 5.74) is 0.455. The lowest BCUT2D eigenvalue weighted by molar-refractivity contribution is -0.143. The standard InChI is InChI=1S/C14H21N3O2S2/c1-8-9(2)21-13(15-8)16-11(18)10-6-20-7-17(10)12(19)14(3,4)5/h10H,6-7H2,1-5H3,(H,15,16,18)/t10-/m1/s1. The van der Waals surface area contributed by atoms with Gasteiger partial charge in [0.15, 0.2) is 5.13 Å². The van der Waals surface area contributed by atoms with Crippen molar-refractivity contribution in [2.24, 2.45) is 5.41 Å². The molecular formula is C14H21N3O2S2. The highest BCUT2D eigenvalue weighted by atomic mass is 32.2. The van der Waals surface area contributed by atoms with E-state index in [0.717, 1.165) is 10.6 Å². The summed E-state index contributed by atoms with van der Waals surface area (Å²) in [5.74, 6) is 1.08. The first-order valence-electron chi connectivity index (χ1n) is 6.84. The summed E-state index contributed by atoms with van der Waals surface area (Å²) in [6, 6.07) is -0.411. The number of nitrogens with one attached hydrogen (secondary N) is 1. The Kier molecular flexibility index (Phi) is 4.63. The van der Waals surface area contributed by atoms with E-state index in [1.54, 1.807) is 16.7 Å². The highest BCUT2D eigenvalue weighted by molar-refractivity contribution is 7.99. The lowest BCUT2D eigenvalue weighted by Crippen LogP contribution is -2.48. The molecule has 1 fully saturated rings. The lowest BCUT2D eigenvalue weighted by Gasteiger charge is -2.29. The van der Waals surface area contributed by atoms with E-state index in [0.29, 0.717) is 16.8 Å². The van der Waals surface area contributed by atoms with Crippen LogP contribution in [-0.2, 0) is 9.59 Å². The third-order valence-electron chi connectivity index (χ3n) is 3.35. The Morgan fingerprint density at radius 2 is 2.00 bits per heavy atom. The van der Waals surface area contributed by atoms with Crippen LogP contribution in [0.15, 0.2) is 0 Å². The summed E-state index contributed by atoms with van der Waals surface area (Å²) in [5, 5.41) is 3.45. The molecule has 1 aromatic heterocycles. The molecular weight excluding hydrogens is 306 g/mol. The van der Waals surface area contributed by atoms with Gasteiger partial charge >= 0.3 is 0 Å². The number of aromatic nitrogens is 1. The van der Waals surface area contributed by atoms with Gasteiger partial charge < -0.3 is 10.2 Å². The van der Waals surface area contributed by atoms with Crippen molar-refractivity contribution >= 4 is 40.0 Å². The molecule has 1 aliphatic rings. The predicted octanol–water partition coefficient (Wildman–Crippen LogP) is 2.65. The number of rotatable bonds is 2. The monoisotopic (exact) mass is 327 g/mol. The molecule has 7 heteroatoms. The van der Waals surface area contributed by atoms with Crippen LogP contribution in [-0.4, -0.2) is 39.4 Å². The smallest absolute Gasteiger partial charge is 0.249 e. The van der Waals surface area contributed by atoms with E-state index in [4.69, 9.17) is 0 Å². The normalized spacial score (nSPS) is 18.9. The maximum Gasteiger partial charge on any atom is 0.249 e. The highest BCUT2D eigenvalue weighted by Gasteiger charge is 2.39. The number of carbonyl (C=O) groups is 2. The van der Waals surface area contributed by atoms with Crippen LogP contribution in [0.2, 0.25) is 0 Å². The maximum atomic E-state index is 12.4. The number of hydrogen-bond donors (Lipinski definition) is 1. The number of nitrogens with zero attached hydrogens (tertiary/aromatic N) is 2. The van der Waals surface area contributed by atoms with Crippen molar-refractivity contribution in [3.05, 3.63) is 10.6 Å². The molecule has 5 nitrogen and oxygen atoms in total. The zero-order chi connectivity index (χ0) is 15.8. The molecule has 1 aromatic rings. The SMILES string of the molecule is Cc1nc(NC(=O)[C@H]2CSCN2C(=O)C(C)(C)C)sc1C. The Bertz CT molecular complexity index is 544. The Morgan fingerprint density at radius 1 is 1.33 bits per heavy atom. The molecule has 0 aliphatic carbocycles. The van der Waals surface area contributed by atoms with Gasteiger partial charge in [0.1, 0.15) is 6.04 Å². The van der Waals surface area contributed by atoms with Crippen LogP contribution >= 0.6 is 23.1 Å².